The van der Waals surface area contributed by atoms with E-state index in [0.717, 1.165) is 18.5 Å². The van der Waals surface area contributed by atoms with Crippen LogP contribution in [0.5, 0.6) is 0 Å². The minimum absolute atomic E-state index is 0.00177. The molecular formula is C21H25N3O5S. The number of rotatable bonds is 8. The molecule has 0 heterocycles. The van der Waals surface area contributed by atoms with Crippen molar-refractivity contribution in [2.45, 2.75) is 36.8 Å². The summed E-state index contributed by atoms with van der Waals surface area (Å²) in [5.74, 6) is -1.17. The molecule has 0 aromatic heterocycles. The van der Waals surface area contributed by atoms with Crippen LogP contribution in [0.1, 0.15) is 30.1 Å². The lowest BCUT2D eigenvalue weighted by molar-refractivity contribution is -0.123. The normalized spacial score (nSPS) is 14.6. The fourth-order valence-corrected chi connectivity index (χ4v) is 3.93. The summed E-state index contributed by atoms with van der Waals surface area (Å²) in [6, 6.07) is 12.7. The highest BCUT2D eigenvalue weighted by atomic mass is 32.2. The Labute approximate surface area is 176 Å². The van der Waals surface area contributed by atoms with Gasteiger partial charge in [0.2, 0.25) is 10.0 Å². The first-order valence-electron chi connectivity index (χ1n) is 9.57. The van der Waals surface area contributed by atoms with Crippen LogP contribution in [0, 0.1) is 0 Å². The molecule has 1 saturated carbocycles. The second-order valence-corrected chi connectivity index (χ2v) is 9.11. The van der Waals surface area contributed by atoms with E-state index >= 15 is 0 Å². The molecule has 1 aliphatic rings. The number of amides is 1. The van der Waals surface area contributed by atoms with Crippen molar-refractivity contribution in [2.75, 3.05) is 24.3 Å². The Morgan fingerprint density at radius 1 is 1.03 bits per heavy atom. The van der Waals surface area contributed by atoms with Crippen molar-refractivity contribution >= 4 is 33.3 Å². The van der Waals surface area contributed by atoms with E-state index in [1.54, 1.807) is 12.1 Å². The summed E-state index contributed by atoms with van der Waals surface area (Å²) in [5.41, 5.74) is 1.74. The van der Waals surface area contributed by atoms with Crippen LogP contribution in [-0.2, 0) is 19.6 Å². The molecule has 2 aromatic rings. The smallest absolute Gasteiger partial charge is 0.338 e. The van der Waals surface area contributed by atoms with Crippen LogP contribution in [0.2, 0.25) is 0 Å². The molecule has 9 heteroatoms. The number of carbonyl (C=O) groups excluding carboxylic acids is 2. The molecule has 1 aliphatic carbocycles. The van der Waals surface area contributed by atoms with Gasteiger partial charge in [0.25, 0.3) is 5.91 Å². The maximum atomic E-state index is 12.3. The molecule has 0 unspecified atom stereocenters. The molecular weight excluding hydrogens is 406 g/mol. The predicted molar refractivity (Wildman–Crippen MR) is 114 cm³/mol. The maximum Gasteiger partial charge on any atom is 0.338 e. The Bertz CT molecular complexity index is 1010. The van der Waals surface area contributed by atoms with Crippen molar-refractivity contribution in [1.82, 2.24) is 4.72 Å². The van der Waals surface area contributed by atoms with Gasteiger partial charge >= 0.3 is 5.97 Å². The topological polar surface area (TPSA) is 105 Å². The average molecular weight is 432 g/mol. The van der Waals surface area contributed by atoms with E-state index in [0.29, 0.717) is 5.69 Å². The van der Waals surface area contributed by atoms with E-state index in [1.165, 1.54) is 31.2 Å². The summed E-state index contributed by atoms with van der Waals surface area (Å²) in [7, 11) is 0.246. The fraction of sp³-hybridized carbons (Fsp3) is 0.333. The van der Waals surface area contributed by atoms with Gasteiger partial charge in [0.05, 0.1) is 10.5 Å². The Morgan fingerprint density at radius 2 is 1.63 bits per heavy atom. The van der Waals surface area contributed by atoms with Crippen molar-refractivity contribution in [3.8, 4) is 0 Å². The lowest BCUT2D eigenvalue weighted by Crippen LogP contribution is -2.30. The van der Waals surface area contributed by atoms with Gasteiger partial charge in [0.1, 0.15) is 0 Å². The number of hydrogen-bond acceptors (Lipinski definition) is 6. The summed E-state index contributed by atoms with van der Waals surface area (Å²) >= 11 is 0. The highest BCUT2D eigenvalue weighted by molar-refractivity contribution is 7.89. The van der Waals surface area contributed by atoms with Gasteiger partial charge in [0, 0.05) is 31.5 Å². The Hall–Kier alpha value is -2.91. The van der Waals surface area contributed by atoms with Gasteiger partial charge in [-0.2, -0.15) is 0 Å². The number of anilines is 2. The molecule has 2 N–H and O–H groups in total. The first kappa shape index (κ1) is 21.8. The molecule has 30 heavy (non-hydrogen) atoms. The molecule has 1 atom stereocenters. The van der Waals surface area contributed by atoms with Crippen LogP contribution < -0.4 is 14.9 Å². The SMILES string of the molecule is C[C@H](OC(=O)c1ccc(S(=O)(=O)NC2CC2)cc1)C(=O)Nc1ccc(N(C)C)cc1. The number of nitrogens with one attached hydrogen (secondary N) is 2. The van der Waals surface area contributed by atoms with Gasteiger partial charge in [-0.05, 0) is 68.3 Å². The highest BCUT2D eigenvalue weighted by Gasteiger charge is 2.28. The van der Waals surface area contributed by atoms with Gasteiger partial charge in [-0.3, -0.25) is 4.79 Å². The third-order valence-corrected chi connectivity index (χ3v) is 6.14. The zero-order chi connectivity index (χ0) is 21.9. The zero-order valence-corrected chi connectivity index (χ0v) is 17.9. The number of ether oxygens (including phenoxy) is 1. The third-order valence-electron chi connectivity index (χ3n) is 4.60. The molecule has 0 saturated heterocycles. The van der Waals surface area contributed by atoms with Crippen LogP contribution in [-0.4, -0.2) is 46.5 Å². The standard InChI is InChI=1S/C21H25N3O5S/c1-14(20(25)22-16-8-10-18(11-9-16)24(2)3)29-21(26)15-4-12-19(13-5-15)30(27,28)23-17-6-7-17/h4-5,8-14,17,23H,6-7H2,1-3H3,(H,22,25)/t14-/m0/s1. The van der Waals surface area contributed by atoms with E-state index in [4.69, 9.17) is 4.74 Å². The Balaban J connectivity index is 1.57. The highest BCUT2D eigenvalue weighted by Crippen LogP contribution is 2.22. The first-order valence-corrected chi connectivity index (χ1v) is 11.1. The minimum Gasteiger partial charge on any atom is -0.449 e. The number of esters is 1. The van der Waals surface area contributed by atoms with Gasteiger partial charge < -0.3 is 15.0 Å². The van der Waals surface area contributed by atoms with Gasteiger partial charge in [-0.1, -0.05) is 0 Å². The second kappa shape index (κ2) is 8.85. The minimum atomic E-state index is -3.59. The van der Waals surface area contributed by atoms with Crippen molar-refractivity contribution < 1.29 is 22.7 Å². The Kier molecular flexibility index (Phi) is 6.42. The maximum absolute atomic E-state index is 12.3. The summed E-state index contributed by atoms with van der Waals surface area (Å²) in [4.78, 5) is 26.6. The predicted octanol–water partition coefficient (Wildman–Crippen LogP) is 2.38. The largest absolute Gasteiger partial charge is 0.449 e. The molecule has 0 bridgehead atoms. The van der Waals surface area contributed by atoms with Gasteiger partial charge in [-0.15, -0.1) is 0 Å². The summed E-state index contributed by atoms with van der Waals surface area (Å²) < 4.78 is 32.1. The van der Waals surface area contributed by atoms with Crippen LogP contribution in [0.25, 0.3) is 0 Å². The molecule has 0 aliphatic heterocycles. The van der Waals surface area contributed by atoms with Crippen molar-refractivity contribution in [2.24, 2.45) is 0 Å². The molecule has 8 nitrogen and oxygen atoms in total. The van der Waals surface area contributed by atoms with Crippen LogP contribution in [0.3, 0.4) is 0 Å². The summed E-state index contributed by atoms with van der Waals surface area (Å²) in [5, 5.41) is 2.70. The van der Waals surface area contributed by atoms with Crippen LogP contribution >= 0.6 is 0 Å². The van der Waals surface area contributed by atoms with E-state index < -0.39 is 28.0 Å². The van der Waals surface area contributed by atoms with Crippen molar-refractivity contribution in [1.29, 1.82) is 0 Å². The van der Waals surface area contributed by atoms with E-state index in [-0.39, 0.29) is 16.5 Å². The number of carbonyl (C=O) groups is 2. The quantitative estimate of drug-likeness (QED) is 0.622. The third kappa shape index (κ3) is 5.58. The average Bonchev–Trinajstić information content (AvgIpc) is 3.51. The zero-order valence-electron chi connectivity index (χ0n) is 17.1. The van der Waals surface area contributed by atoms with E-state index in [2.05, 4.69) is 10.0 Å². The number of benzene rings is 2. The number of nitrogens with zero attached hydrogens (tertiary/aromatic N) is 1. The van der Waals surface area contributed by atoms with Crippen LogP contribution in [0.4, 0.5) is 11.4 Å². The number of sulfonamides is 1. The van der Waals surface area contributed by atoms with E-state index in [1.807, 2.05) is 31.1 Å². The summed E-state index contributed by atoms with van der Waals surface area (Å²) in [6.07, 6.45) is 0.651. The first-order chi connectivity index (χ1) is 14.2. The molecule has 0 radical (unpaired) electrons. The van der Waals surface area contributed by atoms with Crippen LogP contribution in [0.15, 0.2) is 53.4 Å². The fourth-order valence-electron chi connectivity index (χ4n) is 2.63. The number of hydrogen-bond donors (Lipinski definition) is 2. The molecule has 160 valence electrons. The molecule has 1 fully saturated rings. The molecule has 0 spiro atoms. The van der Waals surface area contributed by atoms with Crippen molar-refractivity contribution in [3.05, 3.63) is 54.1 Å². The van der Waals surface area contributed by atoms with Crippen molar-refractivity contribution in [3.63, 3.8) is 0 Å². The van der Waals surface area contributed by atoms with Gasteiger partial charge in [-0.25, -0.2) is 17.9 Å². The second-order valence-electron chi connectivity index (χ2n) is 7.40. The molecule has 3 rings (SSSR count). The lowest BCUT2D eigenvalue weighted by Gasteiger charge is -2.15. The van der Waals surface area contributed by atoms with E-state index in [9.17, 15) is 18.0 Å². The Morgan fingerprint density at radius 3 is 2.17 bits per heavy atom. The lowest BCUT2D eigenvalue weighted by atomic mass is 10.2. The van der Waals surface area contributed by atoms with Gasteiger partial charge in [0.15, 0.2) is 6.10 Å². The molecule has 1 amide bonds. The monoisotopic (exact) mass is 431 g/mol. The molecule has 2 aromatic carbocycles. The summed E-state index contributed by atoms with van der Waals surface area (Å²) in [6.45, 7) is 1.47.